The fraction of sp³-hybridized carbons (Fsp3) is 0.871. The molecule has 0 saturated carbocycles. The summed E-state index contributed by atoms with van der Waals surface area (Å²) in [5, 5.41) is 0. The first-order valence-electron chi connectivity index (χ1n) is 31.0. The van der Waals surface area contributed by atoms with Crippen LogP contribution < -0.4 is 5.73 Å². The van der Waals surface area contributed by atoms with Crippen LogP contribution in [0.5, 0.6) is 0 Å². The second-order valence-electron chi connectivity index (χ2n) is 20.9. The first-order valence-corrected chi connectivity index (χ1v) is 32.5. The Morgan fingerprint density at radius 2 is 0.722 bits per heavy atom. The first-order chi connectivity index (χ1) is 35.3. The minimum Gasteiger partial charge on any atom is -0.462 e. The number of phosphoric acid groups is 1. The molecule has 0 aliphatic heterocycles. The number of unbranched alkanes of at least 4 members (excludes halogenated alkanes) is 40. The lowest BCUT2D eigenvalue weighted by Gasteiger charge is -2.19. The van der Waals surface area contributed by atoms with E-state index < -0.39 is 26.5 Å². The molecule has 0 amide bonds. The SMILES string of the molecule is CCCCC/C=C\C/C=C\C/C=C\CCCCCCCCC(=O)OC(COC(=O)CCCCCCCCCCCCCCCCCCCCCCCCCCCCCCCCCC)COP(=O)(O)OCCN. The van der Waals surface area contributed by atoms with Gasteiger partial charge < -0.3 is 20.1 Å². The average molecular weight is 1040 g/mol. The number of nitrogens with two attached hydrogens (primary N) is 1. The van der Waals surface area contributed by atoms with E-state index in [0.29, 0.717) is 6.42 Å². The lowest BCUT2D eigenvalue weighted by atomic mass is 10.0. The van der Waals surface area contributed by atoms with Gasteiger partial charge in [0.05, 0.1) is 13.2 Å². The third kappa shape index (κ3) is 57.5. The summed E-state index contributed by atoms with van der Waals surface area (Å²) in [5.41, 5.74) is 5.38. The largest absolute Gasteiger partial charge is 0.472 e. The normalized spacial score (nSPS) is 13.2. The van der Waals surface area contributed by atoms with Crippen molar-refractivity contribution in [2.24, 2.45) is 5.73 Å². The van der Waals surface area contributed by atoms with Crippen molar-refractivity contribution in [2.45, 2.75) is 322 Å². The van der Waals surface area contributed by atoms with Crippen LogP contribution in [-0.2, 0) is 32.7 Å². The number of allylic oxidation sites excluding steroid dienone is 6. The molecule has 0 saturated heterocycles. The predicted molar refractivity (Wildman–Crippen MR) is 307 cm³/mol. The van der Waals surface area contributed by atoms with Crippen LogP contribution in [0.15, 0.2) is 36.5 Å². The Morgan fingerprint density at radius 3 is 1.10 bits per heavy atom. The van der Waals surface area contributed by atoms with Gasteiger partial charge in [-0.25, -0.2) is 4.57 Å². The molecule has 0 aliphatic rings. The van der Waals surface area contributed by atoms with Gasteiger partial charge in [-0.2, -0.15) is 0 Å². The van der Waals surface area contributed by atoms with Crippen LogP contribution in [0, 0.1) is 0 Å². The number of hydrogen-bond acceptors (Lipinski definition) is 8. The maximum Gasteiger partial charge on any atom is 0.472 e. The number of carbonyl (C=O) groups excluding carboxylic acids is 2. The molecule has 0 heterocycles. The smallest absolute Gasteiger partial charge is 0.462 e. The van der Waals surface area contributed by atoms with Crippen LogP contribution in [-0.4, -0.2) is 49.3 Å². The molecule has 0 aromatic rings. The number of hydrogen-bond donors (Lipinski definition) is 2. The number of rotatable bonds is 59. The standard InChI is InChI=1S/C62H118NO8P/c1-3-5-7-9-11-13-15-17-19-21-23-24-25-26-27-28-29-30-31-32-33-34-35-37-38-40-42-44-46-48-50-52-54-61(64)68-58-60(59-70-72(66,67)69-57-56-63)71-62(65)55-53-51-49-47-45-43-41-39-36-22-20-18-16-14-12-10-8-6-4-2/h12,14,18,20,36,39,60H,3-11,13,15-17,19,21-35,37-38,40-59,63H2,1-2H3,(H,66,67)/b14-12-,20-18-,39-36-. The van der Waals surface area contributed by atoms with Crippen molar-refractivity contribution < 1.29 is 37.6 Å². The van der Waals surface area contributed by atoms with E-state index in [4.69, 9.17) is 24.3 Å². The summed E-state index contributed by atoms with van der Waals surface area (Å²) in [6.07, 6.45) is 70.8. The van der Waals surface area contributed by atoms with Gasteiger partial charge in [-0.3, -0.25) is 18.6 Å². The monoisotopic (exact) mass is 1040 g/mol. The first kappa shape index (κ1) is 70.2. The molecule has 0 aliphatic carbocycles. The summed E-state index contributed by atoms with van der Waals surface area (Å²) < 4.78 is 33.0. The van der Waals surface area contributed by atoms with E-state index in [1.54, 1.807) is 0 Å². The minimum atomic E-state index is -4.39. The van der Waals surface area contributed by atoms with Crippen LogP contribution in [0.2, 0.25) is 0 Å². The molecule has 424 valence electrons. The Morgan fingerprint density at radius 1 is 0.417 bits per heavy atom. The molecule has 9 nitrogen and oxygen atoms in total. The molecule has 3 N–H and O–H groups in total. The minimum absolute atomic E-state index is 0.0519. The van der Waals surface area contributed by atoms with Crippen molar-refractivity contribution in [1.82, 2.24) is 0 Å². The molecule has 0 radical (unpaired) electrons. The molecule has 2 atom stereocenters. The van der Waals surface area contributed by atoms with E-state index in [2.05, 4.69) is 50.3 Å². The van der Waals surface area contributed by atoms with Crippen molar-refractivity contribution in [2.75, 3.05) is 26.4 Å². The van der Waals surface area contributed by atoms with E-state index >= 15 is 0 Å². The fourth-order valence-electron chi connectivity index (χ4n) is 9.18. The van der Waals surface area contributed by atoms with Crippen molar-refractivity contribution in [3.8, 4) is 0 Å². The molecule has 10 heteroatoms. The summed E-state index contributed by atoms with van der Waals surface area (Å²) in [5.74, 6) is -0.828. The van der Waals surface area contributed by atoms with Gasteiger partial charge >= 0.3 is 19.8 Å². The Labute approximate surface area is 445 Å². The molecule has 0 spiro atoms. The van der Waals surface area contributed by atoms with Gasteiger partial charge in [-0.1, -0.05) is 288 Å². The van der Waals surface area contributed by atoms with Crippen LogP contribution in [0.1, 0.15) is 316 Å². The molecular formula is C62H118NO8P. The van der Waals surface area contributed by atoms with Crippen LogP contribution >= 0.6 is 7.82 Å². The topological polar surface area (TPSA) is 134 Å². The van der Waals surface area contributed by atoms with Gasteiger partial charge in [0.2, 0.25) is 0 Å². The predicted octanol–water partition coefficient (Wildman–Crippen LogP) is 19.6. The zero-order chi connectivity index (χ0) is 52.4. The maximum absolute atomic E-state index is 12.7. The molecule has 0 aromatic heterocycles. The third-order valence-corrected chi connectivity index (χ3v) is 14.8. The highest BCUT2D eigenvalue weighted by Gasteiger charge is 2.26. The Hall–Kier alpha value is -1.77. The highest BCUT2D eigenvalue weighted by molar-refractivity contribution is 7.47. The number of ether oxygens (including phenoxy) is 2. The number of carbonyl (C=O) groups is 2. The summed E-state index contributed by atoms with van der Waals surface area (Å²) in [6, 6.07) is 0. The molecule has 0 aromatic carbocycles. The van der Waals surface area contributed by atoms with Gasteiger partial charge in [-0.15, -0.1) is 0 Å². The molecule has 72 heavy (non-hydrogen) atoms. The van der Waals surface area contributed by atoms with Crippen molar-refractivity contribution in [3.63, 3.8) is 0 Å². The zero-order valence-electron chi connectivity index (χ0n) is 47.4. The van der Waals surface area contributed by atoms with E-state index in [1.807, 2.05) is 0 Å². The summed E-state index contributed by atoms with van der Waals surface area (Å²) in [7, 11) is -4.39. The van der Waals surface area contributed by atoms with E-state index in [9.17, 15) is 19.0 Å². The Balaban J connectivity index is 3.85. The van der Waals surface area contributed by atoms with Crippen molar-refractivity contribution >= 4 is 19.8 Å². The van der Waals surface area contributed by atoms with Gasteiger partial charge in [0.25, 0.3) is 0 Å². The average Bonchev–Trinajstić information content (AvgIpc) is 3.37. The fourth-order valence-corrected chi connectivity index (χ4v) is 9.94. The van der Waals surface area contributed by atoms with E-state index in [0.717, 1.165) is 70.6 Å². The molecule has 2 unspecified atom stereocenters. The highest BCUT2D eigenvalue weighted by atomic mass is 31.2. The Bertz CT molecular complexity index is 1270. The Kier molecular flexibility index (Phi) is 57.1. The second-order valence-corrected chi connectivity index (χ2v) is 22.4. The van der Waals surface area contributed by atoms with E-state index in [1.165, 1.54) is 212 Å². The van der Waals surface area contributed by atoms with Gasteiger partial charge in [-0.05, 0) is 51.4 Å². The van der Waals surface area contributed by atoms with E-state index in [-0.39, 0.29) is 38.6 Å². The molecule has 0 rings (SSSR count). The lowest BCUT2D eigenvalue weighted by Crippen LogP contribution is -2.29. The van der Waals surface area contributed by atoms with Crippen LogP contribution in [0.4, 0.5) is 0 Å². The summed E-state index contributed by atoms with van der Waals surface area (Å²) >= 11 is 0. The second kappa shape index (κ2) is 58.5. The third-order valence-electron chi connectivity index (χ3n) is 13.8. The number of phosphoric ester groups is 1. The summed E-state index contributed by atoms with van der Waals surface area (Å²) in [4.78, 5) is 35.2. The number of esters is 2. The molecule has 0 fully saturated rings. The van der Waals surface area contributed by atoms with Crippen LogP contribution in [0.25, 0.3) is 0 Å². The molecule has 0 bridgehead atoms. The van der Waals surface area contributed by atoms with Gasteiger partial charge in [0, 0.05) is 19.4 Å². The van der Waals surface area contributed by atoms with Crippen molar-refractivity contribution in [1.29, 1.82) is 0 Å². The molecular weight excluding hydrogens is 918 g/mol. The lowest BCUT2D eigenvalue weighted by molar-refractivity contribution is -0.161. The summed E-state index contributed by atoms with van der Waals surface area (Å²) in [6.45, 7) is 3.75. The maximum atomic E-state index is 12.7. The quantitative estimate of drug-likeness (QED) is 0.0264. The highest BCUT2D eigenvalue weighted by Crippen LogP contribution is 2.43. The zero-order valence-corrected chi connectivity index (χ0v) is 48.3. The van der Waals surface area contributed by atoms with Crippen molar-refractivity contribution in [3.05, 3.63) is 36.5 Å². The van der Waals surface area contributed by atoms with Gasteiger partial charge in [0.15, 0.2) is 6.10 Å². The van der Waals surface area contributed by atoms with Crippen LogP contribution in [0.3, 0.4) is 0 Å². The van der Waals surface area contributed by atoms with Gasteiger partial charge in [0.1, 0.15) is 6.61 Å².